The molecule has 1 fully saturated rings. The molecule has 0 amide bonds. The summed E-state index contributed by atoms with van der Waals surface area (Å²) in [4.78, 5) is 13.7. The minimum atomic E-state index is -0.683. The van der Waals surface area contributed by atoms with Gasteiger partial charge in [0.05, 0.1) is 38.3 Å². The standard InChI is InChI=1S/C23H25N3O5/c1-13-9-19-21(23(27)26(13)12-15-5-4-8-30-15)20(16(11-24)22(25)31-19)14-6-7-17(28-2)18(10-14)29-3/h6-7,9-10,15,20H,4-5,8,12,25H2,1-3H3/t15-,20+/m0/s1. The van der Waals surface area contributed by atoms with Gasteiger partial charge >= 0.3 is 0 Å². The summed E-state index contributed by atoms with van der Waals surface area (Å²) in [7, 11) is 3.08. The molecule has 0 aliphatic carbocycles. The number of pyridine rings is 1. The Morgan fingerprint density at radius 2 is 2.03 bits per heavy atom. The van der Waals surface area contributed by atoms with Crippen molar-refractivity contribution < 1.29 is 18.9 Å². The number of ether oxygens (including phenoxy) is 4. The van der Waals surface area contributed by atoms with Crippen LogP contribution in [-0.2, 0) is 11.3 Å². The molecule has 0 bridgehead atoms. The average Bonchev–Trinajstić information content (AvgIpc) is 3.28. The quantitative estimate of drug-likeness (QED) is 0.787. The summed E-state index contributed by atoms with van der Waals surface area (Å²) in [5.41, 5.74) is 7.86. The first-order valence-electron chi connectivity index (χ1n) is 10.1. The molecule has 8 nitrogen and oxygen atoms in total. The van der Waals surface area contributed by atoms with Crippen LogP contribution in [0.3, 0.4) is 0 Å². The number of nitrogens with zero attached hydrogens (tertiary/aromatic N) is 2. The molecular weight excluding hydrogens is 398 g/mol. The summed E-state index contributed by atoms with van der Waals surface area (Å²) in [5.74, 6) is 0.717. The van der Waals surface area contributed by atoms with E-state index in [1.165, 1.54) is 7.11 Å². The van der Waals surface area contributed by atoms with E-state index >= 15 is 0 Å². The zero-order chi connectivity index (χ0) is 22.1. The van der Waals surface area contributed by atoms with E-state index < -0.39 is 5.92 Å². The Kier molecular flexibility index (Phi) is 5.61. The Morgan fingerprint density at radius 3 is 2.68 bits per heavy atom. The number of methoxy groups -OCH3 is 2. The van der Waals surface area contributed by atoms with E-state index in [4.69, 9.17) is 24.7 Å². The van der Waals surface area contributed by atoms with Crippen LogP contribution < -0.4 is 25.5 Å². The van der Waals surface area contributed by atoms with Crippen molar-refractivity contribution in [3.8, 4) is 23.3 Å². The SMILES string of the molecule is COc1ccc([C@@H]2C(C#N)=C(N)Oc3cc(C)n(C[C@@H]4CCCO4)c(=O)c32)cc1OC. The number of fused-ring (bicyclic) bond motifs is 1. The third-order valence-electron chi connectivity index (χ3n) is 5.84. The number of aromatic nitrogens is 1. The van der Waals surface area contributed by atoms with Gasteiger partial charge in [0.15, 0.2) is 11.5 Å². The van der Waals surface area contributed by atoms with Crippen molar-refractivity contribution in [1.29, 1.82) is 5.26 Å². The lowest BCUT2D eigenvalue weighted by atomic mass is 9.84. The number of rotatable bonds is 5. The van der Waals surface area contributed by atoms with Crippen LogP contribution >= 0.6 is 0 Å². The van der Waals surface area contributed by atoms with Crippen molar-refractivity contribution in [2.45, 2.75) is 38.3 Å². The molecule has 1 aromatic carbocycles. The topological polar surface area (TPSA) is 109 Å². The van der Waals surface area contributed by atoms with Crippen LogP contribution in [0.2, 0.25) is 0 Å². The normalized spacial score (nSPS) is 20.1. The summed E-state index contributed by atoms with van der Waals surface area (Å²) in [6.07, 6.45) is 1.89. The number of aryl methyl sites for hydroxylation is 1. The molecule has 1 aromatic heterocycles. The molecule has 0 radical (unpaired) electrons. The Balaban J connectivity index is 1.90. The van der Waals surface area contributed by atoms with Gasteiger partial charge in [0.2, 0.25) is 5.88 Å². The number of hydrogen-bond acceptors (Lipinski definition) is 7. The summed E-state index contributed by atoms with van der Waals surface area (Å²) < 4.78 is 23.9. The maximum Gasteiger partial charge on any atom is 0.258 e. The maximum atomic E-state index is 13.7. The van der Waals surface area contributed by atoms with Gasteiger partial charge < -0.3 is 29.2 Å². The fraction of sp³-hybridized carbons (Fsp3) is 0.391. The lowest BCUT2D eigenvalue weighted by Gasteiger charge is -2.28. The number of nitrogens with two attached hydrogens (primary N) is 1. The second-order valence-corrected chi connectivity index (χ2v) is 7.65. The van der Waals surface area contributed by atoms with E-state index in [0.29, 0.717) is 41.5 Å². The van der Waals surface area contributed by atoms with E-state index in [1.807, 2.05) is 6.92 Å². The smallest absolute Gasteiger partial charge is 0.258 e. The lowest BCUT2D eigenvalue weighted by Crippen LogP contribution is -2.35. The van der Waals surface area contributed by atoms with Gasteiger partial charge in [-0.25, -0.2) is 0 Å². The van der Waals surface area contributed by atoms with E-state index in [-0.39, 0.29) is 23.1 Å². The predicted molar refractivity (Wildman–Crippen MR) is 113 cm³/mol. The van der Waals surface area contributed by atoms with Gasteiger partial charge in [0, 0.05) is 18.4 Å². The van der Waals surface area contributed by atoms with Crippen LogP contribution in [0, 0.1) is 18.3 Å². The second kappa shape index (κ2) is 8.36. The fourth-order valence-corrected chi connectivity index (χ4v) is 4.27. The summed E-state index contributed by atoms with van der Waals surface area (Å²) >= 11 is 0. The van der Waals surface area contributed by atoms with Gasteiger partial charge in [-0.1, -0.05) is 6.07 Å². The van der Waals surface area contributed by atoms with Crippen molar-refractivity contribution in [3.05, 3.63) is 62.9 Å². The van der Waals surface area contributed by atoms with Crippen LogP contribution in [-0.4, -0.2) is 31.5 Å². The zero-order valence-corrected chi connectivity index (χ0v) is 17.8. The fourth-order valence-electron chi connectivity index (χ4n) is 4.27. The first-order valence-corrected chi connectivity index (χ1v) is 10.1. The van der Waals surface area contributed by atoms with Crippen molar-refractivity contribution in [3.63, 3.8) is 0 Å². The molecule has 2 aliphatic heterocycles. The highest BCUT2D eigenvalue weighted by molar-refractivity contribution is 5.57. The Morgan fingerprint density at radius 1 is 1.26 bits per heavy atom. The van der Waals surface area contributed by atoms with Gasteiger partial charge in [-0.2, -0.15) is 5.26 Å². The van der Waals surface area contributed by atoms with Crippen LogP contribution in [0.15, 0.2) is 40.5 Å². The molecule has 8 heteroatoms. The summed E-state index contributed by atoms with van der Waals surface area (Å²) in [6.45, 7) is 3.02. The highest BCUT2D eigenvalue weighted by Crippen LogP contribution is 2.42. The minimum Gasteiger partial charge on any atom is -0.493 e. The second-order valence-electron chi connectivity index (χ2n) is 7.65. The highest BCUT2D eigenvalue weighted by atomic mass is 16.5. The molecule has 4 rings (SSSR count). The van der Waals surface area contributed by atoms with E-state index in [9.17, 15) is 10.1 Å². The van der Waals surface area contributed by atoms with Gasteiger partial charge in [-0.3, -0.25) is 4.79 Å². The summed E-state index contributed by atoms with van der Waals surface area (Å²) in [5, 5.41) is 9.84. The van der Waals surface area contributed by atoms with Crippen LogP contribution in [0.5, 0.6) is 17.2 Å². The largest absolute Gasteiger partial charge is 0.493 e. The molecular formula is C23H25N3O5. The maximum absolute atomic E-state index is 13.7. The van der Waals surface area contributed by atoms with E-state index in [0.717, 1.165) is 18.5 Å². The number of hydrogen-bond donors (Lipinski definition) is 1. The van der Waals surface area contributed by atoms with Crippen molar-refractivity contribution in [2.75, 3.05) is 20.8 Å². The molecule has 2 N–H and O–H groups in total. The number of allylic oxidation sites excluding steroid dienone is 1. The molecule has 0 spiro atoms. The Bertz CT molecular complexity index is 1140. The average molecular weight is 423 g/mol. The van der Waals surface area contributed by atoms with Crippen molar-refractivity contribution in [2.24, 2.45) is 5.73 Å². The Labute approximate surface area is 180 Å². The molecule has 0 saturated carbocycles. The van der Waals surface area contributed by atoms with Crippen LogP contribution in [0.4, 0.5) is 0 Å². The monoisotopic (exact) mass is 423 g/mol. The van der Waals surface area contributed by atoms with Gasteiger partial charge in [0.25, 0.3) is 5.56 Å². The molecule has 1 saturated heterocycles. The van der Waals surface area contributed by atoms with E-state index in [1.54, 1.807) is 35.9 Å². The van der Waals surface area contributed by atoms with Gasteiger partial charge in [-0.15, -0.1) is 0 Å². The van der Waals surface area contributed by atoms with Gasteiger partial charge in [-0.05, 0) is 37.5 Å². The molecule has 3 heterocycles. The third kappa shape index (κ3) is 3.62. The summed E-state index contributed by atoms with van der Waals surface area (Å²) in [6, 6.07) is 9.22. The molecule has 2 atom stereocenters. The molecule has 162 valence electrons. The molecule has 31 heavy (non-hydrogen) atoms. The predicted octanol–water partition coefficient (Wildman–Crippen LogP) is 2.57. The molecule has 2 aliphatic rings. The van der Waals surface area contributed by atoms with E-state index in [2.05, 4.69) is 6.07 Å². The number of benzene rings is 1. The highest BCUT2D eigenvalue weighted by Gasteiger charge is 2.35. The van der Waals surface area contributed by atoms with Gasteiger partial charge in [0.1, 0.15) is 17.4 Å². The van der Waals surface area contributed by atoms with Crippen molar-refractivity contribution >= 4 is 0 Å². The molecule has 0 unspecified atom stereocenters. The Hall–Kier alpha value is -3.44. The zero-order valence-electron chi connectivity index (χ0n) is 17.8. The van der Waals surface area contributed by atoms with Crippen LogP contribution in [0.25, 0.3) is 0 Å². The third-order valence-corrected chi connectivity index (χ3v) is 5.84. The number of nitriles is 1. The molecule has 2 aromatic rings. The van der Waals surface area contributed by atoms with Crippen molar-refractivity contribution in [1.82, 2.24) is 4.57 Å². The first kappa shape index (κ1) is 20.8. The lowest BCUT2D eigenvalue weighted by molar-refractivity contribution is 0.0955. The minimum absolute atomic E-state index is 0.00506. The first-order chi connectivity index (χ1) is 15.0. The van der Waals surface area contributed by atoms with Crippen LogP contribution in [0.1, 0.15) is 35.6 Å².